The average molecular weight is 573 g/mol. The number of carboxylic acids is 1. The zero-order chi connectivity index (χ0) is 28.4. The monoisotopic (exact) mass is 572 g/mol. The first kappa shape index (κ1) is 27.1. The Kier molecular flexibility index (Phi) is 7.68. The van der Waals surface area contributed by atoms with Crippen LogP contribution in [0.1, 0.15) is 46.7 Å². The van der Waals surface area contributed by atoms with Gasteiger partial charge in [-0.15, -0.1) is 10.2 Å². The Labute approximate surface area is 238 Å². The van der Waals surface area contributed by atoms with Gasteiger partial charge in [-0.3, -0.25) is 14.5 Å². The van der Waals surface area contributed by atoms with E-state index in [-0.39, 0.29) is 34.2 Å². The van der Waals surface area contributed by atoms with Crippen molar-refractivity contribution in [1.29, 1.82) is 5.26 Å². The first-order valence-corrected chi connectivity index (χ1v) is 14.2. The summed E-state index contributed by atoms with van der Waals surface area (Å²) in [5.74, 6) is -1.93. The number of amides is 1. The molecule has 5 rings (SSSR count). The minimum atomic E-state index is -1.14. The number of aryl methyl sites for hydroxylation is 1. The van der Waals surface area contributed by atoms with Gasteiger partial charge in [-0.05, 0) is 37.5 Å². The Bertz CT molecular complexity index is 1620. The number of carbonyl (C=O) groups is 3. The molecule has 12 heteroatoms. The molecule has 0 saturated heterocycles. The molecule has 202 valence electrons. The molecule has 0 saturated carbocycles. The van der Waals surface area contributed by atoms with Gasteiger partial charge in [-0.2, -0.15) is 5.26 Å². The maximum Gasteiger partial charge on any atom is 0.337 e. The molecule has 4 N–H and O–H groups in total. The van der Waals surface area contributed by atoms with Crippen LogP contribution in [-0.4, -0.2) is 38.7 Å². The number of nitrogens with two attached hydrogens (primary N) is 1. The van der Waals surface area contributed by atoms with Gasteiger partial charge >= 0.3 is 5.97 Å². The number of hydrogen-bond donors (Lipinski definition) is 3. The van der Waals surface area contributed by atoms with Gasteiger partial charge in [-0.1, -0.05) is 65.1 Å². The number of para-hydroxylation sites is 1. The number of hydrogen-bond acceptors (Lipinski definition) is 10. The highest BCUT2D eigenvalue weighted by Crippen LogP contribution is 2.47. The Balaban J connectivity index is 1.40. The van der Waals surface area contributed by atoms with Crippen LogP contribution < -0.4 is 16.0 Å². The third-order valence-corrected chi connectivity index (χ3v) is 8.71. The van der Waals surface area contributed by atoms with E-state index in [0.29, 0.717) is 40.0 Å². The van der Waals surface area contributed by atoms with Crippen LogP contribution in [0.15, 0.2) is 75.5 Å². The highest BCUT2D eigenvalue weighted by molar-refractivity contribution is 8.01. The lowest BCUT2D eigenvalue weighted by molar-refractivity contribution is -0.116. The fourth-order valence-electron chi connectivity index (χ4n) is 4.84. The topological polar surface area (TPSA) is 162 Å². The third kappa shape index (κ3) is 5.21. The number of aromatic carboxylic acids is 1. The molecule has 1 aromatic heterocycles. The van der Waals surface area contributed by atoms with E-state index in [1.54, 1.807) is 17.0 Å². The second-order valence-electron chi connectivity index (χ2n) is 9.27. The second kappa shape index (κ2) is 11.3. The number of carboxylic acid groups (broad SMARTS) is 1. The van der Waals surface area contributed by atoms with Crippen molar-refractivity contribution >= 4 is 51.6 Å². The summed E-state index contributed by atoms with van der Waals surface area (Å²) in [6.07, 6.45) is 1.64. The number of nitriles is 1. The largest absolute Gasteiger partial charge is 0.478 e. The molecule has 0 radical (unpaired) electrons. The minimum absolute atomic E-state index is 0.00485. The van der Waals surface area contributed by atoms with Crippen LogP contribution in [0.4, 0.5) is 10.8 Å². The SMILES string of the molecule is Cc1ccc(C2C(C#N)=C(N)N(c3nnc(SCC(=O)Nc4ccccc4C(=O)O)s3)C3=C2C(=O)CCC3)cc1. The molecule has 2 aromatic carbocycles. The van der Waals surface area contributed by atoms with E-state index in [9.17, 15) is 24.8 Å². The number of nitrogens with one attached hydrogen (secondary N) is 1. The molecule has 1 aliphatic carbocycles. The zero-order valence-corrected chi connectivity index (χ0v) is 23.0. The molecule has 1 amide bonds. The van der Waals surface area contributed by atoms with Crippen LogP contribution in [0.25, 0.3) is 0 Å². The molecule has 1 aliphatic heterocycles. The normalized spacial score (nSPS) is 16.9. The summed E-state index contributed by atoms with van der Waals surface area (Å²) in [6.45, 7) is 1.97. The fraction of sp³-hybridized carbons (Fsp3) is 0.214. The highest BCUT2D eigenvalue weighted by Gasteiger charge is 2.41. The third-order valence-electron chi connectivity index (χ3n) is 6.67. The first-order valence-electron chi connectivity index (χ1n) is 12.4. The molecular formula is C28H24N6O4S2. The molecule has 2 aliphatic rings. The smallest absolute Gasteiger partial charge is 0.337 e. The standard InChI is InChI=1S/C28H24N6O4S2/c1-15-9-11-16(12-10-15)23-18(13-29)25(30)34(20-7-4-8-21(35)24(20)23)27-32-33-28(40-27)39-14-22(36)31-19-6-3-2-5-17(19)26(37)38/h2-3,5-6,9-12,23H,4,7-8,14,30H2,1H3,(H,31,36)(H,37,38). The molecule has 0 fully saturated rings. The summed E-state index contributed by atoms with van der Waals surface area (Å²) in [5, 5.41) is 31.0. The number of anilines is 2. The van der Waals surface area contributed by atoms with Crippen molar-refractivity contribution in [3.63, 3.8) is 0 Å². The van der Waals surface area contributed by atoms with Crippen molar-refractivity contribution in [1.82, 2.24) is 10.2 Å². The van der Waals surface area contributed by atoms with E-state index in [1.165, 1.54) is 23.5 Å². The van der Waals surface area contributed by atoms with E-state index in [4.69, 9.17) is 5.73 Å². The number of allylic oxidation sites excluding steroid dienone is 3. The summed E-state index contributed by atoms with van der Waals surface area (Å²) >= 11 is 2.33. The van der Waals surface area contributed by atoms with Crippen molar-refractivity contribution in [2.75, 3.05) is 16.0 Å². The van der Waals surface area contributed by atoms with Crippen molar-refractivity contribution in [3.05, 3.63) is 87.9 Å². The number of benzene rings is 2. The summed E-state index contributed by atoms with van der Waals surface area (Å²) in [6, 6.07) is 16.1. The highest BCUT2D eigenvalue weighted by atomic mass is 32.2. The summed E-state index contributed by atoms with van der Waals surface area (Å²) in [5.41, 5.74) is 10.2. The molecule has 2 heterocycles. The number of carbonyl (C=O) groups excluding carboxylic acids is 2. The summed E-state index contributed by atoms with van der Waals surface area (Å²) in [7, 11) is 0. The van der Waals surface area contributed by atoms with Gasteiger partial charge in [0, 0.05) is 17.7 Å². The predicted octanol–water partition coefficient (Wildman–Crippen LogP) is 4.58. The van der Waals surface area contributed by atoms with Crippen LogP contribution in [0.5, 0.6) is 0 Å². The van der Waals surface area contributed by atoms with Gasteiger partial charge in [0.25, 0.3) is 0 Å². The van der Waals surface area contributed by atoms with Crippen molar-refractivity contribution in [3.8, 4) is 6.07 Å². The number of thioether (sulfide) groups is 1. The van der Waals surface area contributed by atoms with Crippen LogP contribution in [0, 0.1) is 18.3 Å². The Morgan fingerprint density at radius 3 is 2.67 bits per heavy atom. The van der Waals surface area contributed by atoms with Gasteiger partial charge in [0.2, 0.25) is 11.0 Å². The van der Waals surface area contributed by atoms with E-state index >= 15 is 0 Å². The van der Waals surface area contributed by atoms with Gasteiger partial charge in [-0.25, -0.2) is 4.79 Å². The van der Waals surface area contributed by atoms with E-state index in [2.05, 4.69) is 21.6 Å². The number of rotatable bonds is 7. The van der Waals surface area contributed by atoms with Gasteiger partial charge in [0.05, 0.1) is 34.6 Å². The maximum absolute atomic E-state index is 13.2. The zero-order valence-electron chi connectivity index (χ0n) is 21.4. The number of aromatic nitrogens is 2. The van der Waals surface area contributed by atoms with Crippen molar-refractivity contribution in [2.24, 2.45) is 5.73 Å². The van der Waals surface area contributed by atoms with Crippen molar-refractivity contribution in [2.45, 2.75) is 36.4 Å². The predicted molar refractivity (Wildman–Crippen MR) is 152 cm³/mol. The van der Waals surface area contributed by atoms with Gasteiger partial charge in [0.1, 0.15) is 5.82 Å². The molecule has 1 unspecified atom stereocenters. The molecular weight excluding hydrogens is 548 g/mol. The molecule has 3 aromatic rings. The lowest BCUT2D eigenvalue weighted by Gasteiger charge is -2.38. The number of nitrogens with zero attached hydrogens (tertiary/aromatic N) is 4. The summed E-state index contributed by atoms with van der Waals surface area (Å²) in [4.78, 5) is 38.8. The lowest BCUT2D eigenvalue weighted by atomic mass is 9.75. The minimum Gasteiger partial charge on any atom is -0.478 e. The first-order chi connectivity index (χ1) is 19.3. The second-order valence-corrected chi connectivity index (χ2v) is 11.4. The van der Waals surface area contributed by atoms with E-state index in [1.807, 2.05) is 31.2 Å². The number of ketones is 1. The Morgan fingerprint density at radius 1 is 1.20 bits per heavy atom. The Morgan fingerprint density at radius 2 is 1.95 bits per heavy atom. The maximum atomic E-state index is 13.2. The van der Waals surface area contributed by atoms with Crippen LogP contribution in [0.2, 0.25) is 0 Å². The molecule has 1 atom stereocenters. The fourth-order valence-corrected chi connectivity index (χ4v) is 6.52. The van der Waals surface area contributed by atoms with Gasteiger partial charge < -0.3 is 16.2 Å². The number of Topliss-reactive ketones (excluding diaryl/α,β-unsaturated/α-hetero) is 1. The van der Waals surface area contributed by atoms with E-state index < -0.39 is 17.8 Å². The lowest BCUT2D eigenvalue weighted by Crippen LogP contribution is -2.38. The molecule has 10 nitrogen and oxygen atoms in total. The van der Waals surface area contributed by atoms with Crippen LogP contribution >= 0.6 is 23.1 Å². The van der Waals surface area contributed by atoms with E-state index in [0.717, 1.165) is 22.9 Å². The Hall–Kier alpha value is -4.47. The molecule has 0 bridgehead atoms. The molecule has 40 heavy (non-hydrogen) atoms. The van der Waals surface area contributed by atoms with Crippen LogP contribution in [0.3, 0.4) is 0 Å². The average Bonchev–Trinajstić information content (AvgIpc) is 3.40. The summed E-state index contributed by atoms with van der Waals surface area (Å²) < 4.78 is 0.480. The van der Waals surface area contributed by atoms with Crippen LogP contribution in [-0.2, 0) is 9.59 Å². The quantitative estimate of drug-likeness (QED) is 0.342. The van der Waals surface area contributed by atoms with Gasteiger partial charge in [0.15, 0.2) is 10.1 Å². The van der Waals surface area contributed by atoms with Crippen molar-refractivity contribution < 1.29 is 19.5 Å². The molecule has 0 spiro atoms.